The fourth-order valence-electron chi connectivity index (χ4n) is 2.00. The van der Waals surface area contributed by atoms with E-state index in [9.17, 15) is 4.79 Å². The van der Waals surface area contributed by atoms with Crippen LogP contribution in [0, 0.1) is 0 Å². The van der Waals surface area contributed by atoms with Crippen LogP contribution in [-0.2, 0) is 4.74 Å². The number of nitrogens with one attached hydrogen (secondary N) is 1. The summed E-state index contributed by atoms with van der Waals surface area (Å²) in [4.78, 5) is 11.3. The van der Waals surface area contributed by atoms with Crippen LogP contribution in [0.1, 0.15) is 23.2 Å². The van der Waals surface area contributed by atoms with Gasteiger partial charge >= 0.3 is 0 Å². The van der Waals surface area contributed by atoms with Crippen molar-refractivity contribution in [1.82, 2.24) is 0 Å². The van der Waals surface area contributed by atoms with E-state index in [2.05, 4.69) is 5.32 Å². The van der Waals surface area contributed by atoms with Crippen molar-refractivity contribution in [2.75, 3.05) is 24.3 Å². The van der Waals surface area contributed by atoms with Crippen LogP contribution in [0.4, 0.5) is 11.4 Å². The van der Waals surface area contributed by atoms with Crippen LogP contribution in [0.5, 0.6) is 0 Å². The van der Waals surface area contributed by atoms with Crippen molar-refractivity contribution in [3.63, 3.8) is 0 Å². The molecule has 17 heavy (non-hydrogen) atoms. The van der Waals surface area contributed by atoms with Crippen LogP contribution >= 0.6 is 0 Å². The first-order chi connectivity index (χ1) is 8.18. The first kappa shape index (κ1) is 11.7. The maximum Gasteiger partial charge on any atom is 0.250 e. The van der Waals surface area contributed by atoms with Crippen molar-refractivity contribution < 1.29 is 9.53 Å². The van der Waals surface area contributed by atoms with E-state index >= 15 is 0 Å². The second-order valence-corrected chi connectivity index (χ2v) is 4.19. The van der Waals surface area contributed by atoms with E-state index in [4.69, 9.17) is 16.2 Å². The number of hydrogen-bond donors (Lipinski definition) is 3. The molecule has 0 spiro atoms. The molecule has 0 bridgehead atoms. The van der Waals surface area contributed by atoms with Gasteiger partial charge in [0.2, 0.25) is 0 Å². The third-order valence-electron chi connectivity index (χ3n) is 2.87. The molecule has 0 aliphatic carbocycles. The van der Waals surface area contributed by atoms with Gasteiger partial charge in [-0.3, -0.25) is 4.79 Å². The Morgan fingerprint density at radius 3 is 2.94 bits per heavy atom. The van der Waals surface area contributed by atoms with Crippen LogP contribution < -0.4 is 16.8 Å². The van der Waals surface area contributed by atoms with Crippen molar-refractivity contribution >= 4 is 17.3 Å². The Balaban J connectivity index is 2.21. The Morgan fingerprint density at radius 1 is 1.47 bits per heavy atom. The molecule has 5 N–H and O–H groups in total. The summed E-state index contributed by atoms with van der Waals surface area (Å²) in [6, 6.07) is 5.33. The van der Waals surface area contributed by atoms with Gasteiger partial charge in [0, 0.05) is 12.6 Å². The molecule has 1 fully saturated rings. The summed E-state index contributed by atoms with van der Waals surface area (Å²) in [5.74, 6) is -0.475. The van der Waals surface area contributed by atoms with Gasteiger partial charge in [-0.25, -0.2) is 0 Å². The highest BCUT2D eigenvalue weighted by Crippen LogP contribution is 2.25. The zero-order valence-corrected chi connectivity index (χ0v) is 9.61. The molecule has 1 aliphatic heterocycles. The number of ether oxygens (including phenoxy) is 1. The summed E-state index contributed by atoms with van der Waals surface area (Å²) >= 11 is 0. The molecule has 1 heterocycles. The Bertz CT molecular complexity index is 414. The first-order valence-electron chi connectivity index (χ1n) is 5.71. The number of hydrogen-bond acceptors (Lipinski definition) is 4. The van der Waals surface area contributed by atoms with E-state index in [1.807, 2.05) is 0 Å². The van der Waals surface area contributed by atoms with Crippen LogP contribution in [0.25, 0.3) is 0 Å². The van der Waals surface area contributed by atoms with Gasteiger partial charge < -0.3 is 21.5 Å². The van der Waals surface area contributed by atoms with Crippen LogP contribution in [0.2, 0.25) is 0 Å². The number of primary amides is 1. The summed E-state index contributed by atoms with van der Waals surface area (Å²) in [6.45, 7) is 1.43. The molecule has 1 amide bonds. The fraction of sp³-hybridized carbons (Fsp3) is 0.417. The number of carbonyl (C=O) groups excluding carboxylic acids is 1. The molecule has 1 saturated heterocycles. The molecule has 1 aromatic rings. The van der Waals surface area contributed by atoms with Gasteiger partial charge in [-0.15, -0.1) is 0 Å². The molecule has 1 atom stereocenters. The summed E-state index contributed by atoms with van der Waals surface area (Å²) in [5, 5.41) is 3.25. The SMILES string of the molecule is NC(=O)c1cccc(N)c1NC1CCCOC1. The molecule has 0 radical (unpaired) electrons. The number of amides is 1. The minimum atomic E-state index is -0.475. The maximum atomic E-state index is 11.3. The van der Waals surface area contributed by atoms with Crippen molar-refractivity contribution in [2.45, 2.75) is 18.9 Å². The average Bonchev–Trinajstić information content (AvgIpc) is 2.33. The number of nitrogen functional groups attached to an aromatic ring is 1. The van der Waals surface area contributed by atoms with Crippen LogP contribution in [-0.4, -0.2) is 25.2 Å². The van der Waals surface area contributed by atoms with E-state index in [-0.39, 0.29) is 6.04 Å². The highest BCUT2D eigenvalue weighted by Gasteiger charge is 2.18. The average molecular weight is 235 g/mol. The van der Waals surface area contributed by atoms with Crippen LogP contribution in [0.3, 0.4) is 0 Å². The fourth-order valence-corrected chi connectivity index (χ4v) is 2.00. The quantitative estimate of drug-likeness (QED) is 0.680. The Labute approximate surface area is 100 Å². The normalized spacial score (nSPS) is 19.9. The summed E-state index contributed by atoms with van der Waals surface area (Å²) < 4.78 is 5.38. The third kappa shape index (κ3) is 2.68. The molecule has 1 aliphatic rings. The largest absolute Gasteiger partial charge is 0.397 e. The van der Waals surface area contributed by atoms with Gasteiger partial charge in [-0.2, -0.15) is 0 Å². The molecular weight excluding hydrogens is 218 g/mol. The van der Waals surface area contributed by atoms with Crippen molar-refractivity contribution in [3.8, 4) is 0 Å². The lowest BCUT2D eigenvalue weighted by Gasteiger charge is -2.25. The topological polar surface area (TPSA) is 90.4 Å². The number of para-hydroxylation sites is 1. The van der Waals surface area contributed by atoms with E-state index in [1.165, 1.54) is 0 Å². The van der Waals surface area contributed by atoms with Crippen molar-refractivity contribution in [2.24, 2.45) is 5.73 Å². The van der Waals surface area contributed by atoms with Gasteiger partial charge in [0.15, 0.2) is 0 Å². The Hall–Kier alpha value is -1.75. The van der Waals surface area contributed by atoms with Crippen LogP contribution in [0.15, 0.2) is 18.2 Å². The molecule has 2 rings (SSSR count). The Kier molecular flexibility index (Phi) is 3.49. The minimum Gasteiger partial charge on any atom is -0.397 e. The smallest absolute Gasteiger partial charge is 0.250 e. The van der Waals surface area contributed by atoms with Gasteiger partial charge in [-0.05, 0) is 25.0 Å². The number of rotatable bonds is 3. The second-order valence-electron chi connectivity index (χ2n) is 4.19. The molecule has 92 valence electrons. The molecule has 5 nitrogen and oxygen atoms in total. The maximum absolute atomic E-state index is 11.3. The second kappa shape index (κ2) is 5.05. The van der Waals surface area contributed by atoms with Gasteiger partial charge in [-0.1, -0.05) is 6.07 Å². The lowest BCUT2D eigenvalue weighted by atomic mass is 10.1. The van der Waals surface area contributed by atoms with E-state index < -0.39 is 5.91 Å². The van der Waals surface area contributed by atoms with Crippen molar-refractivity contribution in [1.29, 1.82) is 0 Å². The number of nitrogens with two attached hydrogens (primary N) is 2. The highest BCUT2D eigenvalue weighted by molar-refractivity contribution is 6.01. The molecular formula is C12H17N3O2. The predicted octanol–water partition coefficient (Wildman–Crippen LogP) is 0.959. The van der Waals surface area contributed by atoms with Gasteiger partial charge in [0.05, 0.1) is 23.5 Å². The van der Waals surface area contributed by atoms with E-state index in [0.717, 1.165) is 19.4 Å². The molecule has 0 aromatic heterocycles. The molecule has 1 aromatic carbocycles. The molecule has 0 saturated carbocycles. The standard InChI is InChI=1S/C12H17N3O2/c13-10-5-1-4-9(12(14)16)11(10)15-8-3-2-6-17-7-8/h1,4-5,8,15H,2-3,6-7,13H2,(H2,14,16). The molecule has 1 unspecified atom stereocenters. The van der Waals surface area contributed by atoms with Gasteiger partial charge in [0.25, 0.3) is 5.91 Å². The number of benzene rings is 1. The first-order valence-corrected chi connectivity index (χ1v) is 5.71. The summed E-state index contributed by atoms with van der Waals surface area (Å²) in [6.07, 6.45) is 2.02. The zero-order chi connectivity index (χ0) is 12.3. The number of carbonyl (C=O) groups is 1. The number of anilines is 2. The minimum absolute atomic E-state index is 0.187. The lowest BCUT2D eigenvalue weighted by molar-refractivity contribution is 0.0875. The van der Waals surface area contributed by atoms with Crippen molar-refractivity contribution in [3.05, 3.63) is 23.8 Å². The highest BCUT2D eigenvalue weighted by atomic mass is 16.5. The predicted molar refractivity (Wildman–Crippen MR) is 66.8 cm³/mol. The molecule has 5 heteroatoms. The zero-order valence-electron chi connectivity index (χ0n) is 9.61. The Morgan fingerprint density at radius 2 is 2.29 bits per heavy atom. The van der Waals surface area contributed by atoms with E-state index in [0.29, 0.717) is 23.5 Å². The van der Waals surface area contributed by atoms with Gasteiger partial charge in [0.1, 0.15) is 0 Å². The summed E-state index contributed by atoms with van der Waals surface area (Å²) in [5.41, 5.74) is 12.8. The summed E-state index contributed by atoms with van der Waals surface area (Å²) in [7, 11) is 0. The third-order valence-corrected chi connectivity index (χ3v) is 2.87. The monoisotopic (exact) mass is 235 g/mol. The lowest BCUT2D eigenvalue weighted by Crippen LogP contribution is -2.31. The van der Waals surface area contributed by atoms with E-state index in [1.54, 1.807) is 18.2 Å².